The van der Waals surface area contributed by atoms with E-state index in [2.05, 4.69) is 4.98 Å². The number of ether oxygens (including phenoxy) is 1. The molecule has 0 unspecified atom stereocenters. The topological polar surface area (TPSA) is 124 Å². The molecule has 2 heterocycles. The number of nitrogens with one attached hydrogen (secondary N) is 1. The highest BCUT2D eigenvalue weighted by Crippen LogP contribution is 2.20. The second kappa shape index (κ2) is 8.40. The lowest BCUT2D eigenvalue weighted by Gasteiger charge is -2.23. The number of hydrogen-bond acceptors (Lipinski definition) is 6. The minimum Gasteiger partial charge on any atom is -0.459 e. The van der Waals surface area contributed by atoms with Crippen molar-refractivity contribution in [3.63, 3.8) is 0 Å². The van der Waals surface area contributed by atoms with E-state index in [1.54, 1.807) is 6.07 Å². The lowest BCUT2D eigenvalue weighted by molar-refractivity contribution is 0.0949. The molecule has 0 saturated heterocycles. The fraction of sp³-hybridized carbons (Fsp3) is 0.211. The second-order valence-corrected chi connectivity index (χ2v) is 5.99. The lowest BCUT2D eigenvalue weighted by atomic mass is 10.2. The Hall–Kier alpha value is -3.59. The van der Waals surface area contributed by atoms with E-state index < -0.39 is 17.2 Å². The van der Waals surface area contributed by atoms with Gasteiger partial charge >= 0.3 is 5.69 Å². The Morgan fingerprint density at radius 1 is 1.21 bits per heavy atom. The van der Waals surface area contributed by atoms with Gasteiger partial charge in [-0.05, 0) is 17.7 Å². The van der Waals surface area contributed by atoms with Gasteiger partial charge in [0.05, 0.1) is 26.0 Å². The number of nitrogens with two attached hydrogens (primary N) is 1. The zero-order valence-corrected chi connectivity index (χ0v) is 15.3. The first kappa shape index (κ1) is 19.2. The number of nitrogen functional groups attached to an aromatic ring is 1. The van der Waals surface area contributed by atoms with Gasteiger partial charge in [0, 0.05) is 7.11 Å². The van der Waals surface area contributed by atoms with Gasteiger partial charge in [-0.25, -0.2) is 4.79 Å². The van der Waals surface area contributed by atoms with Crippen molar-refractivity contribution in [1.82, 2.24) is 9.55 Å². The molecule has 0 bridgehead atoms. The zero-order chi connectivity index (χ0) is 20.1. The maximum Gasteiger partial charge on any atom is 0.330 e. The molecule has 2 aromatic heterocycles. The summed E-state index contributed by atoms with van der Waals surface area (Å²) < 4.78 is 11.4. The molecule has 146 valence electrons. The number of carbonyl (C=O) groups is 1. The molecule has 0 spiro atoms. The molecule has 0 saturated carbocycles. The van der Waals surface area contributed by atoms with Crippen molar-refractivity contribution in [2.24, 2.45) is 0 Å². The monoisotopic (exact) mass is 384 g/mol. The van der Waals surface area contributed by atoms with Crippen LogP contribution in [0.1, 0.15) is 16.1 Å². The number of hydrogen-bond donors (Lipinski definition) is 2. The van der Waals surface area contributed by atoms with Crippen molar-refractivity contribution < 1.29 is 13.9 Å². The summed E-state index contributed by atoms with van der Waals surface area (Å²) in [6.45, 7) is 0.346. The molecular formula is C19H20N4O5. The average Bonchev–Trinajstić information content (AvgIpc) is 3.22. The van der Waals surface area contributed by atoms with E-state index in [1.165, 1.54) is 24.0 Å². The number of carbonyl (C=O) groups excluding carboxylic acids is 1. The van der Waals surface area contributed by atoms with E-state index in [0.717, 1.165) is 10.5 Å². The molecule has 3 rings (SSSR count). The summed E-state index contributed by atoms with van der Waals surface area (Å²) in [4.78, 5) is 41.1. The van der Waals surface area contributed by atoms with E-state index in [-0.39, 0.29) is 37.0 Å². The highest BCUT2D eigenvalue weighted by molar-refractivity contribution is 6.05. The number of nitrogens with zero attached hydrogens (tertiary/aromatic N) is 2. The van der Waals surface area contributed by atoms with Crippen LogP contribution in [0.5, 0.6) is 0 Å². The van der Waals surface area contributed by atoms with Gasteiger partial charge in [-0.15, -0.1) is 0 Å². The van der Waals surface area contributed by atoms with Gasteiger partial charge in [0.2, 0.25) is 0 Å². The fourth-order valence-corrected chi connectivity index (χ4v) is 2.79. The van der Waals surface area contributed by atoms with Crippen molar-refractivity contribution >= 4 is 17.4 Å². The van der Waals surface area contributed by atoms with Crippen LogP contribution in [0.15, 0.2) is 62.7 Å². The van der Waals surface area contributed by atoms with Gasteiger partial charge in [-0.3, -0.25) is 24.0 Å². The van der Waals surface area contributed by atoms with Crippen LogP contribution in [0.25, 0.3) is 0 Å². The van der Waals surface area contributed by atoms with Crippen molar-refractivity contribution in [2.75, 3.05) is 30.9 Å². The van der Waals surface area contributed by atoms with Crippen LogP contribution in [0.4, 0.5) is 11.5 Å². The maximum atomic E-state index is 12.9. The van der Waals surface area contributed by atoms with Crippen LogP contribution >= 0.6 is 0 Å². The SMILES string of the molecule is COCCN(C(=O)c1ccco1)c1c(N)n(Cc2ccccc2)c(=O)[nH]c1=O. The predicted molar refractivity (Wildman–Crippen MR) is 104 cm³/mol. The molecule has 1 aromatic carbocycles. The third-order valence-electron chi connectivity index (χ3n) is 4.16. The van der Waals surface area contributed by atoms with Crippen LogP contribution in [0, 0.1) is 0 Å². The minimum absolute atomic E-state index is 0.0377. The molecule has 9 heteroatoms. The third kappa shape index (κ3) is 3.89. The summed E-state index contributed by atoms with van der Waals surface area (Å²) in [7, 11) is 1.47. The summed E-state index contributed by atoms with van der Waals surface area (Å²) in [6.07, 6.45) is 1.35. The molecule has 0 fully saturated rings. The molecule has 0 radical (unpaired) electrons. The number of aromatic nitrogens is 2. The fourth-order valence-electron chi connectivity index (χ4n) is 2.79. The molecular weight excluding hydrogens is 364 g/mol. The third-order valence-corrected chi connectivity index (χ3v) is 4.16. The number of anilines is 2. The van der Waals surface area contributed by atoms with Crippen molar-refractivity contribution in [2.45, 2.75) is 6.54 Å². The van der Waals surface area contributed by atoms with Gasteiger partial charge in [0.1, 0.15) is 5.82 Å². The summed E-state index contributed by atoms with van der Waals surface area (Å²) in [5, 5.41) is 0. The predicted octanol–water partition coefficient (Wildman–Crippen LogP) is 1.05. The summed E-state index contributed by atoms with van der Waals surface area (Å²) in [5.41, 5.74) is 5.44. The van der Waals surface area contributed by atoms with E-state index in [9.17, 15) is 14.4 Å². The molecule has 28 heavy (non-hydrogen) atoms. The summed E-state index contributed by atoms with van der Waals surface area (Å²) in [6, 6.07) is 12.2. The lowest BCUT2D eigenvalue weighted by Crippen LogP contribution is -2.42. The smallest absolute Gasteiger partial charge is 0.330 e. The number of aromatic amines is 1. The second-order valence-electron chi connectivity index (χ2n) is 5.99. The highest BCUT2D eigenvalue weighted by Gasteiger charge is 2.26. The number of H-pyrrole nitrogens is 1. The highest BCUT2D eigenvalue weighted by atomic mass is 16.5. The van der Waals surface area contributed by atoms with E-state index in [1.807, 2.05) is 30.3 Å². The van der Waals surface area contributed by atoms with Crippen LogP contribution < -0.4 is 21.9 Å². The number of rotatable bonds is 7. The van der Waals surface area contributed by atoms with Crippen molar-refractivity contribution in [3.8, 4) is 0 Å². The quantitative estimate of drug-likeness (QED) is 0.628. The Morgan fingerprint density at radius 3 is 2.61 bits per heavy atom. The molecule has 3 N–H and O–H groups in total. The molecule has 0 aliphatic heterocycles. The molecule has 3 aromatic rings. The van der Waals surface area contributed by atoms with Crippen LogP contribution in [0.3, 0.4) is 0 Å². The molecule has 0 atom stereocenters. The summed E-state index contributed by atoms with van der Waals surface area (Å²) in [5.74, 6) is -0.645. The van der Waals surface area contributed by atoms with E-state index in [0.29, 0.717) is 0 Å². The molecule has 0 aliphatic carbocycles. The Labute approximate surface area is 160 Å². The number of furan rings is 1. The van der Waals surface area contributed by atoms with Gasteiger partial charge in [-0.2, -0.15) is 0 Å². The van der Waals surface area contributed by atoms with Gasteiger partial charge < -0.3 is 14.9 Å². The Balaban J connectivity index is 2.09. The molecule has 1 amide bonds. The van der Waals surface area contributed by atoms with Crippen LogP contribution in [0.2, 0.25) is 0 Å². The standard InChI is InChI=1S/C19H20N4O5/c1-27-11-9-22(18(25)14-8-5-10-28-14)15-16(20)23(19(26)21-17(15)24)12-13-6-3-2-4-7-13/h2-8,10H,9,11-12,20H2,1H3,(H,21,24,26). The summed E-state index contributed by atoms with van der Waals surface area (Å²) >= 11 is 0. The Kier molecular flexibility index (Phi) is 5.75. The average molecular weight is 384 g/mol. The van der Waals surface area contributed by atoms with Crippen molar-refractivity contribution in [3.05, 3.63) is 80.9 Å². The first-order valence-corrected chi connectivity index (χ1v) is 8.53. The Morgan fingerprint density at radius 2 is 1.96 bits per heavy atom. The minimum atomic E-state index is -0.761. The molecule has 0 aliphatic rings. The first-order valence-electron chi connectivity index (χ1n) is 8.53. The van der Waals surface area contributed by atoms with Gasteiger partial charge in [-0.1, -0.05) is 30.3 Å². The van der Waals surface area contributed by atoms with E-state index >= 15 is 0 Å². The normalized spacial score (nSPS) is 10.8. The van der Waals surface area contributed by atoms with Crippen LogP contribution in [-0.2, 0) is 11.3 Å². The largest absolute Gasteiger partial charge is 0.459 e. The number of benzene rings is 1. The number of methoxy groups -OCH3 is 1. The maximum absolute atomic E-state index is 12.9. The first-order chi connectivity index (χ1) is 13.5. The van der Waals surface area contributed by atoms with Gasteiger partial charge in [0.15, 0.2) is 11.4 Å². The molecule has 9 nitrogen and oxygen atoms in total. The van der Waals surface area contributed by atoms with Crippen molar-refractivity contribution in [1.29, 1.82) is 0 Å². The van der Waals surface area contributed by atoms with Crippen LogP contribution in [-0.4, -0.2) is 35.7 Å². The van der Waals surface area contributed by atoms with E-state index in [4.69, 9.17) is 14.9 Å². The zero-order valence-electron chi connectivity index (χ0n) is 15.3. The Bertz CT molecular complexity index is 1050. The number of amides is 1. The van der Waals surface area contributed by atoms with Gasteiger partial charge in [0.25, 0.3) is 11.5 Å².